The summed E-state index contributed by atoms with van der Waals surface area (Å²) in [5.41, 5.74) is 3.61. The number of fused-ring (bicyclic) bond motifs is 1. The molecule has 0 fully saturated rings. The molecule has 0 saturated carbocycles. The number of nitrogens with zero attached hydrogens (tertiary/aromatic N) is 3. The molecule has 3 rings (SSSR count). The van der Waals surface area contributed by atoms with Crippen LogP contribution in [0.25, 0.3) is 10.8 Å². The molecule has 0 amide bonds. The number of methoxy groups -OCH3 is 1. The van der Waals surface area contributed by atoms with Crippen LogP contribution in [-0.2, 0) is 0 Å². The van der Waals surface area contributed by atoms with E-state index in [1.54, 1.807) is 13.3 Å². The molecule has 0 aliphatic heterocycles. The fourth-order valence-corrected chi connectivity index (χ4v) is 2.31. The minimum atomic E-state index is -0.496. The lowest BCUT2D eigenvalue weighted by molar-refractivity contribution is -0.385. The molecule has 24 heavy (non-hydrogen) atoms. The Balaban J connectivity index is 1.82. The lowest BCUT2D eigenvalue weighted by Gasteiger charge is -2.07. The van der Waals surface area contributed by atoms with Gasteiger partial charge in [0.1, 0.15) is 17.8 Å². The van der Waals surface area contributed by atoms with E-state index in [2.05, 4.69) is 15.5 Å². The fraction of sp³-hybridized carbons (Fsp3) is 0.0588. The molecule has 3 aromatic rings. The predicted octanol–water partition coefficient (Wildman–Crippen LogP) is 3.60. The first kappa shape index (κ1) is 15.4. The number of benzene rings is 2. The summed E-state index contributed by atoms with van der Waals surface area (Å²) >= 11 is 0. The largest absolute Gasteiger partial charge is 0.496 e. The summed E-state index contributed by atoms with van der Waals surface area (Å²) in [4.78, 5) is 14.0. The lowest BCUT2D eigenvalue weighted by Crippen LogP contribution is -1.96. The quantitative estimate of drug-likeness (QED) is 0.440. The van der Waals surface area contributed by atoms with Gasteiger partial charge in [0.05, 0.1) is 18.2 Å². The topological polar surface area (TPSA) is 89.6 Å². The number of hydrogen-bond donors (Lipinski definition) is 1. The van der Waals surface area contributed by atoms with Gasteiger partial charge in [-0.05, 0) is 23.6 Å². The maximum atomic E-state index is 10.6. The van der Waals surface area contributed by atoms with E-state index in [0.29, 0.717) is 5.82 Å². The molecule has 0 unspecified atom stereocenters. The van der Waals surface area contributed by atoms with Crippen molar-refractivity contribution in [1.29, 1.82) is 0 Å². The van der Waals surface area contributed by atoms with Crippen LogP contribution in [0.3, 0.4) is 0 Å². The number of aromatic nitrogens is 1. The van der Waals surface area contributed by atoms with Crippen molar-refractivity contribution in [2.75, 3.05) is 12.5 Å². The minimum absolute atomic E-state index is 0.0642. The number of ether oxygens (including phenoxy) is 1. The normalized spacial score (nSPS) is 10.9. The average molecular weight is 322 g/mol. The summed E-state index contributed by atoms with van der Waals surface area (Å²) in [7, 11) is 1.64. The number of hydrogen-bond acceptors (Lipinski definition) is 6. The Morgan fingerprint density at radius 3 is 2.62 bits per heavy atom. The summed E-state index contributed by atoms with van der Waals surface area (Å²) < 4.78 is 5.36. The first-order valence-corrected chi connectivity index (χ1v) is 7.14. The molecule has 7 nitrogen and oxygen atoms in total. The second-order valence-corrected chi connectivity index (χ2v) is 4.93. The number of nitrogens with one attached hydrogen (secondary N) is 1. The highest BCUT2D eigenvalue weighted by Crippen LogP contribution is 2.27. The SMILES string of the molecule is COc1ccc(/C=N\Nc2ccc([N+](=O)[O-])cn2)c2ccccc12. The summed E-state index contributed by atoms with van der Waals surface area (Å²) in [6.45, 7) is 0. The Morgan fingerprint density at radius 1 is 1.17 bits per heavy atom. The van der Waals surface area contributed by atoms with Crippen molar-refractivity contribution in [3.05, 3.63) is 70.4 Å². The van der Waals surface area contributed by atoms with Crippen molar-refractivity contribution in [3.8, 4) is 5.75 Å². The molecule has 120 valence electrons. The number of anilines is 1. The Hall–Kier alpha value is -3.48. The smallest absolute Gasteiger partial charge is 0.287 e. The van der Waals surface area contributed by atoms with Crippen molar-refractivity contribution in [3.63, 3.8) is 0 Å². The van der Waals surface area contributed by atoms with Crippen LogP contribution in [0.4, 0.5) is 11.5 Å². The molecule has 0 bridgehead atoms. The van der Waals surface area contributed by atoms with E-state index < -0.39 is 4.92 Å². The molecule has 1 aromatic heterocycles. The van der Waals surface area contributed by atoms with Crippen molar-refractivity contribution in [2.24, 2.45) is 5.10 Å². The van der Waals surface area contributed by atoms with Gasteiger partial charge in [-0.1, -0.05) is 24.3 Å². The van der Waals surface area contributed by atoms with Gasteiger partial charge in [0.15, 0.2) is 0 Å². The third-order valence-electron chi connectivity index (χ3n) is 3.48. The zero-order valence-corrected chi connectivity index (χ0v) is 12.8. The summed E-state index contributed by atoms with van der Waals surface area (Å²) in [5.74, 6) is 1.22. The first-order chi connectivity index (χ1) is 11.7. The highest BCUT2D eigenvalue weighted by atomic mass is 16.6. The van der Waals surface area contributed by atoms with Gasteiger partial charge in [-0.2, -0.15) is 5.10 Å². The third-order valence-corrected chi connectivity index (χ3v) is 3.48. The van der Waals surface area contributed by atoms with Gasteiger partial charge < -0.3 is 4.74 Å². The summed E-state index contributed by atoms with van der Waals surface area (Å²) in [6, 6.07) is 14.5. The molecule has 0 atom stereocenters. The maximum Gasteiger partial charge on any atom is 0.287 e. The zero-order valence-electron chi connectivity index (χ0n) is 12.8. The molecule has 0 aliphatic rings. The van der Waals surface area contributed by atoms with E-state index in [9.17, 15) is 10.1 Å². The van der Waals surface area contributed by atoms with Crippen LogP contribution in [0.15, 0.2) is 59.8 Å². The second-order valence-electron chi connectivity index (χ2n) is 4.93. The fourth-order valence-electron chi connectivity index (χ4n) is 2.31. The van der Waals surface area contributed by atoms with Crippen LogP contribution >= 0.6 is 0 Å². The minimum Gasteiger partial charge on any atom is -0.496 e. The monoisotopic (exact) mass is 322 g/mol. The van der Waals surface area contributed by atoms with E-state index in [0.717, 1.165) is 22.1 Å². The molecular weight excluding hydrogens is 308 g/mol. The van der Waals surface area contributed by atoms with Crippen LogP contribution in [-0.4, -0.2) is 23.2 Å². The first-order valence-electron chi connectivity index (χ1n) is 7.14. The molecule has 7 heteroatoms. The highest BCUT2D eigenvalue weighted by Gasteiger charge is 2.05. The van der Waals surface area contributed by atoms with Gasteiger partial charge in [-0.3, -0.25) is 15.5 Å². The van der Waals surface area contributed by atoms with E-state index in [1.165, 1.54) is 18.3 Å². The van der Waals surface area contributed by atoms with Crippen LogP contribution in [0.2, 0.25) is 0 Å². The maximum absolute atomic E-state index is 10.6. The number of pyridine rings is 1. The number of hydrazone groups is 1. The standard InChI is InChI=1S/C17H14N4O3/c1-24-16-8-6-12(14-4-2-3-5-15(14)16)10-19-20-17-9-7-13(11-18-17)21(22)23/h2-11H,1H3,(H,18,20)/b19-10-. The molecular formula is C17H14N4O3. The van der Waals surface area contributed by atoms with Gasteiger partial charge >= 0.3 is 0 Å². The molecule has 0 aliphatic carbocycles. The summed E-state index contributed by atoms with van der Waals surface area (Å²) in [6.07, 6.45) is 2.85. The average Bonchev–Trinajstić information content (AvgIpc) is 2.62. The van der Waals surface area contributed by atoms with Crippen molar-refractivity contribution in [1.82, 2.24) is 4.98 Å². The van der Waals surface area contributed by atoms with Crippen LogP contribution in [0, 0.1) is 10.1 Å². The van der Waals surface area contributed by atoms with Gasteiger partial charge in [0, 0.05) is 17.0 Å². The third kappa shape index (κ3) is 3.14. The van der Waals surface area contributed by atoms with Crippen LogP contribution in [0.1, 0.15) is 5.56 Å². The van der Waals surface area contributed by atoms with Crippen LogP contribution < -0.4 is 10.2 Å². The lowest BCUT2D eigenvalue weighted by atomic mass is 10.0. The molecule has 1 heterocycles. The number of nitro groups is 1. The highest BCUT2D eigenvalue weighted by molar-refractivity contribution is 6.02. The van der Waals surface area contributed by atoms with Gasteiger partial charge in [-0.25, -0.2) is 4.98 Å². The predicted molar refractivity (Wildman–Crippen MR) is 92.6 cm³/mol. The molecule has 0 spiro atoms. The number of rotatable bonds is 5. The zero-order chi connectivity index (χ0) is 16.9. The Morgan fingerprint density at radius 2 is 1.96 bits per heavy atom. The van der Waals surface area contributed by atoms with Crippen molar-refractivity contribution >= 4 is 28.5 Å². The van der Waals surface area contributed by atoms with Gasteiger partial charge in [0.2, 0.25) is 0 Å². The van der Waals surface area contributed by atoms with Gasteiger partial charge in [-0.15, -0.1) is 0 Å². The van der Waals surface area contributed by atoms with Crippen LogP contribution in [0.5, 0.6) is 5.75 Å². The Kier molecular flexibility index (Phi) is 4.33. The van der Waals surface area contributed by atoms with E-state index in [4.69, 9.17) is 4.74 Å². The molecule has 1 N–H and O–H groups in total. The van der Waals surface area contributed by atoms with E-state index >= 15 is 0 Å². The summed E-state index contributed by atoms with van der Waals surface area (Å²) in [5, 5.41) is 16.7. The van der Waals surface area contributed by atoms with Gasteiger partial charge in [0.25, 0.3) is 5.69 Å². The van der Waals surface area contributed by atoms with Crippen molar-refractivity contribution < 1.29 is 9.66 Å². The molecule has 0 saturated heterocycles. The molecule has 2 aromatic carbocycles. The second kappa shape index (κ2) is 6.74. The Bertz CT molecular complexity index is 907. The van der Waals surface area contributed by atoms with E-state index in [-0.39, 0.29) is 5.69 Å². The van der Waals surface area contributed by atoms with Crippen molar-refractivity contribution in [2.45, 2.75) is 0 Å². The van der Waals surface area contributed by atoms with E-state index in [1.807, 2.05) is 36.4 Å². The Labute approximate surface area is 137 Å². The molecule has 0 radical (unpaired) electrons.